The van der Waals surface area contributed by atoms with Crippen LogP contribution in [0.25, 0.3) is 0 Å². The van der Waals surface area contributed by atoms with Gasteiger partial charge in [-0.05, 0) is 6.07 Å². The van der Waals surface area contributed by atoms with Gasteiger partial charge in [-0.1, -0.05) is 6.07 Å². The smallest absolute Gasteiger partial charge is 0.315 e. The van der Waals surface area contributed by atoms with Gasteiger partial charge >= 0.3 is 5.69 Å². The Balaban J connectivity index is 2.55. The zero-order chi connectivity index (χ0) is 9.26. The van der Waals surface area contributed by atoms with Gasteiger partial charge in [0.05, 0.1) is 4.92 Å². The van der Waals surface area contributed by atoms with Crippen molar-refractivity contribution in [1.82, 2.24) is 0 Å². The van der Waals surface area contributed by atoms with Crippen LogP contribution in [0.15, 0.2) is 30.7 Å². The summed E-state index contributed by atoms with van der Waals surface area (Å²) in [6.07, 6.45) is 2.58. The van der Waals surface area contributed by atoms with Gasteiger partial charge in [-0.15, -0.1) is 0 Å². The molecule has 1 heterocycles. The van der Waals surface area contributed by atoms with E-state index in [0.717, 1.165) is 0 Å². The lowest BCUT2D eigenvalue weighted by Gasteiger charge is -2.10. The summed E-state index contributed by atoms with van der Waals surface area (Å²) in [5.41, 5.74) is -0.0955. The first-order chi connectivity index (χ1) is 6.29. The van der Waals surface area contributed by atoms with E-state index in [1.807, 2.05) is 0 Å². The van der Waals surface area contributed by atoms with Crippen LogP contribution in [0.3, 0.4) is 0 Å². The Morgan fingerprint density at radius 2 is 2.00 bits per heavy atom. The van der Waals surface area contributed by atoms with Crippen molar-refractivity contribution in [1.29, 1.82) is 0 Å². The van der Waals surface area contributed by atoms with Crippen LogP contribution in [0.5, 0.6) is 11.5 Å². The standard InChI is InChI=1S/C8H5NO4/c10-9(11)6-2-1-3-7-8(6)13-5-4-12-7/h1-5H. The molecule has 0 bridgehead atoms. The molecule has 0 N–H and O–H groups in total. The molecular weight excluding hydrogens is 174 g/mol. The van der Waals surface area contributed by atoms with E-state index in [2.05, 4.69) is 0 Å². The van der Waals surface area contributed by atoms with Crippen molar-refractivity contribution in [3.8, 4) is 11.5 Å². The molecule has 0 aromatic heterocycles. The van der Waals surface area contributed by atoms with E-state index in [1.165, 1.54) is 18.6 Å². The zero-order valence-corrected chi connectivity index (χ0v) is 6.47. The second kappa shape index (κ2) is 2.78. The summed E-state index contributed by atoms with van der Waals surface area (Å²) in [6.45, 7) is 0. The third kappa shape index (κ3) is 1.20. The van der Waals surface area contributed by atoms with Crippen molar-refractivity contribution in [3.05, 3.63) is 40.8 Å². The quantitative estimate of drug-likeness (QED) is 0.487. The Kier molecular flexibility index (Phi) is 1.63. The number of ether oxygens (including phenoxy) is 2. The lowest BCUT2D eigenvalue weighted by Crippen LogP contribution is -1.99. The highest BCUT2D eigenvalue weighted by atomic mass is 16.6. The Hall–Kier alpha value is -2.04. The normalized spacial score (nSPS) is 12.6. The molecule has 1 aliphatic rings. The maximum Gasteiger partial charge on any atom is 0.315 e. The summed E-state index contributed by atoms with van der Waals surface area (Å²) in [7, 11) is 0. The predicted octanol–water partition coefficient (Wildman–Crippen LogP) is 1.84. The van der Waals surface area contributed by atoms with E-state index in [0.29, 0.717) is 5.75 Å². The van der Waals surface area contributed by atoms with Crippen molar-refractivity contribution < 1.29 is 14.4 Å². The molecule has 0 fully saturated rings. The first-order valence-electron chi connectivity index (χ1n) is 3.55. The summed E-state index contributed by atoms with van der Waals surface area (Å²) in [4.78, 5) is 10.0. The first kappa shape index (κ1) is 7.60. The van der Waals surface area contributed by atoms with Gasteiger partial charge in [0.25, 0.3) is 0 Å². The van der Waals surface area contributed by atoms with Gasteiger partial charge in [0, 0.05) is 6.07 Å². The van der Waals surface area contributed by atoms with Crippen LogP contribution < -0.4 is 9.47 Å². The molecule has 0 radical (unpaired) electrons. The van der Waals surface area contributed by atoms with Crippen LogP contribution in [-0.4, -0.2) is 4.92 Å². The van der Waals surface area contributed by atoms with Crippen LogP contribution in [0.2, 0.25) is 0 Å². The third-order valence-electron chi connectivity index (χ3n) is 1.59. The van der Waals surface area contributed by atoms with Gasteiger partial charge in [-0.3, -0.25) is 10.1 Å². The van der Waals surface area contributed by atoms with Gasteiger partial charge in [0.15, 0.2) is 5.75 Å². The van der Waals surface area contributed by atoms with E-state index in [1.54, 1.807) is 12.1 Å². The Bertz CT molecular complexity index is 386. The average Bonchev–Trinajstić information content (AvgIpc) is 2.17. The Morgan fingerprint density at radius 3 is 2.77 bits per heavy atom. The highest BCUT2D eigenvalue weighted by molar-refractivity contribution is 5.56. The minimum absolute atomic E-state index is 0.0955. The van der Waals surface area contributed by atoms with E-state index in [9.17, 15) is 10.1 Å². The average molecular weight is 179 g/mol. The highest BCUT2D eigenvalue weighted by Gasteiger charge is 2.21. The fraction of sp³-hybridized carbons (Fsp3) is 0. The van der Waals surface area contributed by atoms with E-state index in [4.69, 9.17) is 9.47 Å². The highest BCUT2D eigenvalue weighted by Crippen LogP contribution is 2.38. The largest absolute Gasteiger partial charge is 0.458 e. The summed E-state index contributed by atoms with van der Waals surface area (Å²) in [6, 6.07) is 4.51. The fourth-order valence-corrected chi connectivity index (χ4v) is 1.06. The van der Waals surface area contributed by atoms with Gasteiger partial charge in [-0.25, -0.2) is 0 Å². The number of rotatable bonds is 1. The molecule has 5 heteroatoms. The lowest BCUT2D eigenvalue weighted by atomic mass is 10.2. The van der Waals surface area contributed by atoms with Gasteiger partial charge in [0.2, 0.25) is 5.75 Å². The molecule has 1 aliphatic heterocycles. The minimum atomic E-state index is -0.513. The minimum Gasteiger partial charge on any atom is -0.458 e. The molecule has 0 saturated carbocycles. The van der Waals surface area contributed by atoms with Crippen LogP contribution in [0.1, 0.15) is 0 Å². The molecule has 13 heavy (non-hydrogen) atoms. The summed E-state index contributed by atoms with van der Waals surface area (Å²) >= 11 is 0. The molecule has 0 spiro atoms. The van der Waals surface area contributed by atoms with E-state index in [-0.39, 0.29) is 11.4 Å². The number of hydrogen-bond donors (Lipinski definition) is 0. The molecule has 0 aliphatic carbocycles. The van der Waals surface area contributed by atoms with Crippen molar-refractivity contribution >= 4 is 5.69 Å². The molecule has 2 rings (SSSR count). The SMILES string of the molecule is O=[N+]([O-])c1cccc2c1OC=CO2. The maximum absolute atomic E-state index is 10.5. The zero-order valence-electron chi connectivity index (χ0n) is 6.47. The van der Waals surface area contributed by atoms with Crippen LogP contribution in [0, 0.1) is 10.1 Å². The van der Waals surface area contributed by atoms with Crippen molar-refractivity contribution in [2.45, 2.75) is 0 Å². The number of benzene rings is 1. The van der Waals surface area contributed by atoms with Gasteiger partial charge in [0.1, 0.15) is 12.5 Å². The molecule has 66 valence electrons. The molecule has 0 atom stereocenters. The fourth-order valence-electron chi connectivity index (χ4n) is 1.06. The number of nitro benzene ring substituents is 1. The van der Waals surface area contributed by atoms with Gasteiger partial charge in [-0.2, -0.15) is 0 Å². The van der Waals surface area contributed by atoms with E-state index >= 15 is 0 Å². The lowest BCUT2D eigenvalue weighted by molar-refractivity contribution is -0.385. The maximum atomic E-state index is 10.5. The van der Waals surface area contributed by atoms with Crippen molar-refractivity contribution in [3.63, 3.8) is 0 Å². The molecule has 1 aromatic carbocycles. The van der Waals surface area contributed by atoms with Crippen molar-refractivity contribution in [2.75, 3.05) is 0 Å². The Labute approximate surface area is 73.3 Å². The third-order valence-corrected chi connectivity index (χ3v) is 1.59. The number of hydrogen-bond acceptors (Lipinski definition) is 4. The molecule has 0 saturated heterocycles. The number of para-hydroxylation sites is 1. The van der Waals surface area contributed by atoms with Crippen LogP contribution >= 0.6 is 0 Å². The second-order valence-corrected chi connectivity index (χ2v) is 2.37. The predicted molar refractivity (Wildman–Crippen MR) is 43.5 cm³/mol. The molecule has 0 amide bonds. The number of nitro groups is 1. The van der Waals surface area contributed by atoms with Crippen LogP contribution in [0.4, 0.5) is 5.69 Å². The number of nitrogens with zero attached hydrogens (tertiary/aromatic N) is 1. The van der Waals surface area contributed by atoms with E-state index < -0.39 is 4.92 Å². The van der Waals surface area contributed by atoms with Crippen molar-refractivity contribution in [2.24, 2.45) is 0 Å². The molecular formula is C8H5NO4. The summed E-state index contributed by atoms with van der Waals surface area (Å²) in [5.74, 6) is 0.506. The van der Waals surface area contributed by atoms with Crippen LogP contribution in [-0.2, 0) is 0 Å². The first-order valence-corrected chi connectivity index (χ1v) is 3.55. The Morgan fingerprint density at radius 1 is 1.23 bits per heavy atom. The molecule has 0 unspecified atom stereocenters. The molecule has 5 nitrogen and oxygen atoms in total. The monoisotopic (exact) mass is 179 g/mol. The topological polar surface area (TPSA) is 61.6 Å². The summed E-state index contributed by atoms with van der Waals surface area (Å²) in [5, 5.41) is 10.5. The second-order valence-electron chi connectivity index (χ2n) is 2.37. The number of fused-ring (bicyclic) bond motifs is 1. The van der Waals surface area contributed by atoms with Gasteiger partial charge < -0.3 is 9.47 Å². The molecule has 1 aromatic rings. The summed E-state index contributed by atoms with van der Waals surface area (Å²) < 4.78 is 9.97.